The second kappa shape index (κ2) is 8.09. The van der Waals surface area contributed by atoms with E-state index in [0.717, 1.165) is 48.9 Å². The zero-order valence-corrected chi connectivity index (χ0v) is 19.3. The lowest BCUT2D eigenvalue weighted by Crippen LogP contribution is -2.14. The van der Waals surface area contributed by atoms with Crippen molar-refractivity contribution in [2.24, 2.45) is 5.92 Å². The largest absolute Gasteiger partial charge is 0.344 e. The predicted molar refractivity (Wildman–Crippen MR) is 127 cm³/mol. The number of benzene rings is 1. The molecule has 9 heteroatoms. The number of hydrogen-bond acceptors (Lipinski definition) is 5. The highest BCUT2D eigenvalue weighted by molar-refractivity contribution is 14.1. The summed E-state index contributed by atoms with van der Waals surface area (Å²) in [5, 5.41) is 4.41. The van der Waals surface area contributed by atoms with Crippen LogP contribution in [0.3, 0.4) is 0 Å². The van der Waals surface area contributed by atoms with E-state index in [-0.39, 0.29) is 11.8 Å². The van der Waals surface area contributed by atoms with Crippen LogP contribution in [0.4, 0.5) is 5.82 Å². The van der Waals surface area contributed by atoms with E-state index in [2.05, 4.69) is 42.9 Å². The first kappa shape index (κ1) is 19.7. The highest BCUT2D eigenvalue weighted by atomic mass is 127. The van der Waals surface area contributed by atoms with Crippen LogP contribution in [-0.4, -0.2) is 25.8 Å². The van der Waals surface area contributed by atoms with Crippen molar-refractivity contribution in [3.8, 4) is 32.5 Å². The third-order valence-electron chi connectivity index (χ3n) is 4.73. The number of pyridine rings is 1. The molecule has 0 unspecified atom stereocenters. The summed E-state index contributed by atoms with van der Waals surface area (Å²) in [5.41, 5.74) is 2.72. The number of nitrogens with one attached hydrogen (secondary N) is 2. The molecule has 0 radical (unpaired) electrons. The Morgan fingerprint density at radius 1 is 1.20 bits per heavy atom. The van der Waals surface area contributed by atoms with Crippen LogP contribution in [0.1, 0.15) is 12.8 Å². The number of anilines is 1. The van der Waals surface area contributed by atoms with Gasteiger partial charge in [0.05, 0.1) is 10.6 Å². The topological polar surface area (TPSA) is 83.6 Å². The Hall–Kier alpha value is -2.30. The van der Waals surface area contributed by atoms with Crippen molar-refractivity contribution in [2.75, 3.05) is 5.32 Å². The Kier molecular flexibility index (Phi) is 5.30. The van der Waals surface area contributed by atoms with E-state index in [1.807, 2.05) is 30.3 Å². The molecule has 1 fully saturated rings. The van der Waals surface area contributed by atoms with Crippen LogP contribution in [0, 0.1) is 9.49 Å². The average molecular weight is 548 g/mol. The standard InChI is InChI=1S/C21H15ClIN5OS/c22-13-3-4-14(15(23)10-13)17-18(19-25-7-8-26-19)30-21(28-17)12-5-6-24-16(9-12)27-20(29)11-1-2-11/h3-11H,1-2H2,(H,25,26)(H,24,27,29). The number of imidazole rings is 1. The number of H-pyrrole nitrogens is 1. The second-order valence-electron chi connectivity index (χ2n) is 6.95. The van der Waals surface area contributed by atoms with Gasteiger partial charge in [-0.25, -0.2) is 15.0 Å². The Balaban J connectivity index is 1.57. The summed E-state index contributed by atoms with van der Waals surface area (Å²) < 4.78 is 1.01. The minimum atomic E-state index is 0.0338. The lowest BCUT2D eigenvalue weighted by molar-refractivity contribution is -0.117. The number of halogens is 2. The van der Waals surface area contributed by atoms with Gasteiger partial charge >= 0.3 is 0 Å². The van der Waals surface area contributed by atoms with Gasteiger partial charge in [0.15, 0.2) is 0 Å². The number of aromatic amines is 1. The van der Waals surface area contributed by atoms with Crippen molar-refractivity contribution in [3.63, 3.8) is 0 Å². The molecule has 3 aromatic heterocycles. The third kappa shape index (κ3) is 3.99. The van der Waals surface area contributed by atoms with Crippen molar-refractivity contribution < 1.29 is 4.79 Å². The lowest BCUT2D eigenvalue weighted by Gasteiger charge is -2.05. The van der Waals surface area contributed by atoms with Gasteiger partial charge in [0.2, 0.25) is 5.91 Å². The SMILES string of the molecule is O=C(Nc1cc(-c2nc(-c3ccc(Cl)cc3I)c(-c3ncc[nH]3)s2)ccn1)C1CC1. The van der Waals surface area contributed by atoms with E-state index in [1.165, 1.54) is 0 Å². The first-order valence-electron chi connectivity index (χ1n) is 9.32. The van der Waals surface area contributed by atoms with Crippen LogP contribution >= 0.6 is 45.5 Å². The number of thiazole rings is 1. The maximum Gasteiger partial charge on any atom is 0.228 e. The highest BCUT2D eigenvalue weighted by Crippen LogP contribution is 2.41. The van der Waals surface area contributed by atoms with Gasteiger partial charge in [-0.3, -0.25) is 4.79 Å². The predicted octanol–water partition coefficient (Wildman–Crippen LogP) is 5.87. The molecular weight excluding hydrogens is 533 g/mol. The maximum atomic E-state index is 12.1. The van der Waals surface area contributed by atoms with Gasteiger partial charge in [-0.15, -0.1) is 11.3 Å². The molecule has 4 aromatic rings. The highest BCUT2D eigenvalue weighted by Gasteiger charge is 2.30. The molecule has 3 heterocycles. The zero-order valence-electron chi connectivity index (χ0n) is 15.5. The van der Waals surface area contributed by atoms with Gasteiger partial charge < -0.3 is 10.3 Å². The third-order valence-corrected chi connectivity index (χ3v) is 6.97. The number of hydrogen-bond donors (Lipinski definition) is 2. The van der Waals surface area contributed by atoms with Crippen molar-refractivity contribution in [1.82, 2.24) is 19.9 Å². The molecule has 30 heavy (non-hydrogen) atoms. The molecule has 0 spiro atoms. The fourth-order valence-electron chi connectivity index (χ4n) is 3.06. The van der Waals surface area contributed by atoms with Crippen LogP contribution in [0.15, 0.2) is 48.9 Å². The van der Waals surface area contributed by atoms with E-state index in [1.54, 1.807) is 29.9 Å². The van der Waals surface area contributed by atoms with Crippen molar-refractivity contribution in [1.29, 1.82) is 0 Å². The van der Waals surface area contributed by atoms with E-state index in [0.29, 0.717) is 10.8 Å². The summed E-state index contributed by atoms with van der Waals surface area (Å²) in [7, 11) is 0. The number of nitrogens with zero attached hydrogens (tertiary/aromatic N) is 3. The smallest absolute Gasteiger partial charge is 0.228 e. The van der Waals surface area contributed by atoms with Gasteiger partial charge in [0.25, 0.3) is 0 Å². The lowest BCUT2D eigenvalue weighted by atomic mass is 10.1. The number of aromatic nitrogens is 4. The van der Waals surface area contributed by atoms with Crippen LogP contribution in [0.2, 0.25) is 5.02 Å². The summed E-state index contributed by atoms with van der Waals surface area (Å²) in [6.07, 6.45) is 7.12. The first-order chi connectivity index (χ1) is 14.6. The van der Waals surface area contributed by atoms with Gasteiger partial charge in [-0.05, 0) is 59.7 Å². The van der Waals surface area contributed by atoms with E-state index in [9.17, 15) is 4.79 Å². The summed E-state index contributed by atoms with van der Waals surface area (Å²) >= 11 is 9.96. The molecule has 0 aliphatic heterocycles. The first-order valence-corrected chi connectivity index (χ1v) is 11.6. The Morgan fingerprint density at radius 3 is 2.80 bits per heavy atom. The number of rotatable bonds is 5. The Morgan fingerprint density at radius 2 is 2.07 bits per heavy atom. The summed E-state index contributed by atoms with van der Waals surface area (Å²) in [6, 6.07) is 9.52. The number of carbonyl (C=O) groups is 1. The van der Waals surface area contributed by atoms with E-state index < -0.39 is 0 Å². The Bertz CT molecular complexity index is 1240. The maximum absolute atomic E-state index is 12.1. The molecule has 1 aliphatic carbocycles. The number of carbonyl (C=O) groups excluding carboxylic acids is 1. The minimum absolute atomic E-state index is 0.0338. The van der Waals surface area contributed by atoms with Crippen molar-refractivity contribution >= 4 is 57.3 Å². The molecule has 2 N–H and O–H groups in total. The minimum Gasteiger partial charge on any atom is -0.344 e. The van der Waals surface area contributed by atoms with Gasteiger partial charge in [-0.2, -0.15) is 0 Å². The van der Waals surface area contributed by atoms with Gasteiger partial charge in [0, 0.05) is 44.2 Å². The molecule has 0 bridgehead atoms. The molecule has 1 saturated carbocycles. The van der Waals surface area contributed by atoms with Gasteiger partial charge in [0.1, 0.15) is 16.6 Å². The molecule has 1 amide bonds. The molecular formula is C21H15ClIN5OS. The van der Waals surface area contributed by atoms with E-state index >= 15 is 0 Å². The molecule has 1 aliphatic rings. The van der Waals surface area contributed by atoms with Crippen LogP contribution in [-0.2, 0) is 4.79 Å². The second-order valence-corrected chi connectivity index (χ2v) is 9.55. The normalized spacial score (nSPS) is 13.4. The monoisotopic (exact) mass is 547 g/mol. The van der Waals surface area contributed by atoms with E-state index in [4.69, 9.17) is 16.6 Å². The molecule has 0 saturated heterocycles. The van der Waals surface area contributed by atoms with Crippen molar-refractivity contribution in [2.45, 2.75) is 12.8 Å². The van der Waals surface area contributed by atoms with Gasteiger partial charge in [-0.1, -0.05) is 17.7 Å². The van der Waals surface area contributed by atoms with Crippen molar-refractivity contribution in [3.05, 3.63) is 57.5 Å². The van der Waals surface area contributed by atoms with Crippen LogP contribution in [0.25, 0.3) is 32.5 Å². The quantitative estimate of drug-likeness (QED) is 0.306. The zero-order chi connectivity index (χ0) is 20.7. The fourth-order valence-corrected chi connectivity index (χ4v) is 5.23. The molecule has 6 nitrogen and oxygen atoms in total. The number of amides is 1. The van der Waals surface area contributed by atoms with Crippen LogP contribution in [0.5, 0.6) is 0 Å². The molecule has 150 valence electrons. The summed E-state index contributed by atoms with van der Waals surface area (Å²) in [6.45, 7) is 0. The Labute approximate surface area is 195 Å². The summed E-state index contributed by atoms with van der Waals surface area (Å²) in [5.74, 6) is 1.46. The van der Waals surface area contributed by atoms with Crippen LogP contribution < -0.4 is 5.32 Å². The molecule has 5 rings (SSSR count). The fraction of sp³-hybridized carbons (Fsp3) is 0.143. The molecule has 1 aromatic carbocycles. The summed E-state index contributed by atoms with van der Waals surface area (Å²) in [4.78, 5) is 29.9. The average Bonchev–Trinajstić information content (AvgIpc) is 3.27. The molecule has 0 atom stereocenters.